The van der Waals surface area contributed by atoms with Gasteiger partial charge < -0.3 is 24.3 Å². The molecule has 0 saturated carbocycles. The molecule has 178 valence electrons. The van der Waals surface area contributed by atoms with E-state index in [9.17, 15) is 19.8 Å². The number of fused-ring (bicyclic) bond motifs is 1. The third-order valence-electron chi connectivity index (χ3n) is 6.23. The molecule has 2 N–H and O–H groups in total. The first-order valence-electron chi connectivity index (χ1n) is 11.4. The lowest BCUT2D eigenvalue weighted by Crippen LogP contribution is -2.41. The van der Waals surface area contributed by atoms with Gasteiger partial charge in [-0.1, -0.05) is 36.4 Å². The van der Waals surface area contributed by atoms with Gasteiger partial charge in [0.25, 0.3) is 0 Å². The average molecular weight is 472 g/mol. The molecule has 1 saturated heterocycles. The smallest absolute Gasteiger partial charge is 0.223 e. The maximum atomic E-state index is 13.3. The standard InChI is InChI=1S/C27H24N2O6/c30-20-14-21(31)26-22(32)15-23(17-5-2-1-3-6-17)35-27(26)25(20)19(18-7-4-8-28-16-18)13-24(33)29-9-11-34-12-10-29/h1-8,14-16,19,30-31H,9-13H2/t19-/m1/s1. The van der Waals surface area contributed by atoms with Gasteiger partial charge in [-0.15, -0.1) is 0 Å². The maximum Gasteiger partial charge on any atom is 0.223 e. The molecule has 3 heterocycles. The molecule has 1 aliphatic rings. The number of morpholine rings is 1. The monoisotopic (exact) mass is 472 g/mol. The molecule has 5 rings (SSSR count). The van der Waals surface area contributed by atoms with Crippen LogP contribution in [0.1, 0.15) is 23.5 Å². The van der Waals surface area contributed by atoms with Crippen molar-refractivity contribution in [2.24, 2.45) is 0 Å². The molecular weight excluding hydrogens is 448 g/mol. The molecule has 2 aromatic carbocycles. The van der Waals surface area contributed by atoms with Gasteiger partial charge in [0.05, 0.1) is 13.2 Å². The summed E-state index contributed by atoms with van der Waals surface area (Å²) in [5.74, 6) is -1.16. The van der Waals surface area contributed by atoms with Gasteiger partial charge in [-0.3, -0.25) is 14.6 Å². The fourth-order valence-corrected chi connectivity index (χ4v) is 4.49. The molecule has 1 fully saturated rings. The summed E-state index contributed by atoms with van der Waals surface area (Å²) < 4.78 is 11.5. The molecule has 4 aromatic rings. The predicted octanol–water partition coefficient (Wildman–Crippen LogP) is 3.65. The first-order valence-corrected chi connectivity index (χ1v) is 11.4. The highest BCUT2D eigenvalue weighted by molar-refractivity contribution is 5.91. The third-order valence-corrected chi connectivity index (χ3v) is 6.23. The zero-order valence-electron chi connectivity index (χ0n) is 18.9. The molecule has 0 radical (unpaired) electrons. The maximum absolute atomic E-state index is 13.3. The van der Waals surface area contributed by atoms with Gasteiger partial charge in [0.15, 0.2) is 5.43 Å². The summed E-state index contributed by atoms with van der Waals surface area (Å²) in [4.78, 5) is 32.2. The van der Waals surface area contributed by atoms with Gasteiger partial charge in [-0.25, -0.2) is 0 Å². The molecule has 0 unspecified atom stereocenters. The van der Waals surface area contributed by atoms with E-state index in [-0.39, 0.29) is 40.4 Å². The summed E-state index contributed by atoms with van der Waals surface area (Å²) in [7, 11) is 0. The van der Waals surface area contributed by atoms with E-state index in [0.29, 0.717) is 43.2 Å². The Morgan fingerprint density at radius 1 is 1.03 bits per heavy atom. The summed E-state index contributed by atoms with van der Waals surface area (Å²) in [6.07, 6.45) is 3.25. The van der Waals surface area contributed by atoms with E-state index in [1.165, 1.54) is 6.07 Å². The van der Waals surface area contributed by atoms with Crippen LogP contribution in [0.2, 0.25) is 0 Å². The summed E-state index contributed by atoms with van der Waals surface area (Å²) in [6.45, 7) is 1.89. The summed E-state index contributed by atoms with van der Waals surface area (Å²) in [5.41, 5.74) is 1.18. The van der Waals surface area contributed by atoms with Crippen molar-refractivity contribution in [1.29, 1.82) is 0 Å². The van der Waals surface area contributed by atoms with Crippen molar-refractivity contribution in [3.8, 4) is 22.8 Å². The van der Waals surface area contributed by atoms with E-state index < -0.39 is 11.3 Å². The second-order valence-corrected chi connectivity index (χ2v) is 8.41. The normalized spacial score (nSPS) is 14.7. The number of aromatic nitrogens is 1. The topological polar surface area (TPSA) is 113 Å². The average Bonchev–Trinajstić information content (AvgIpc) is 2.89. The fourth-order valence-electron chi connectivity index (χ4n) is 4.49. The number of phenols is 2. The van der Waals surface area contributed by atoms with E-state index in [0.717, 1.165) is 6.07 Å². The summed E-state index contributed by atoms with van der Waals surface area (Å²) >= 11 is 0. The minimum absolute atomic E-state index is 0.0123. The van der Waals surface area contributed by atoms with Crippen molar-refractivity contribution in [3.63, 3.8) is 0 Å². The number of amides is 1. The SMILES string of the molecule is O=C(C[C@H](c1cccnc1)c1c(O)cc(O)c2c(=O)cc(-c3ccccc3)oc12)N1CCOCC1. The number of benzene rings is 2. The van der Waals surface area contributed by atoms with Crippen molar-refractivity contribution >= 4 is 16.9 Å². The van der Waals surface area contributed by atoms with Crippen LogP contribution in [-0.2, 0) is 9.53 Å². The number of pyridine rings is 1. The van der Waals surface area contributed by atoms with E-state index in [4.69, 9.17) is 9.15 Å². The van der Waals surface area contributed by atoms with Gasteiger partial charge in [0, 0.05) is 61.1 Å². The number of carbonyl (C=O) groups is 1. The number of phenolic OH excluding ortho intramolecular Hbond substituents is 2. The molecule has 8 heteroatoms. The Hall–Kier alpha value is -4.17. The van der Waals surface area contributed by atoms with Crippen LogP contribution in [0.3, 0.4) is 0 Å². The van der Waals surface area contributed by atoms with Crippen molar-refractivity contribution in [3.05, 3.63) is 88.3 Å². The Bertz CT molecular complexity index is 1410. The lowest BCUT2D eigenvalue weighted by Gasteiger charge is -2.29. The first-order chi connectivity index (χ1) is 17.0. The molecule has 0 spiro atoms. The van der Waals surface area contributed by atoms with Crippen LogP contribution < -0.4 is 5.43 Å². The highest BCUT2D eigenvalue weighted by Crippen LogP contribution is 2.42. The second kappa shape index (κ2) is 9.60. The van der Waals surface area contributed by atoms with Crippen LogP contribution in [0.5, 0.6) is 11.5 Å². The predicted molar refractivity (Wildman–Crippen MR) is 129 cm³/mol. The van der Waals surface area contributed by atoms with Crippen LogP contribution in [-0.4, -0.2) is 52.3 Å². The molecule has 2 aromatic heterocycles. The lowest BCUT2D eigenvalue weighted by atomic mass is 9.86. The highest BCUT2D eigenvalue weighted by Gasteiger charge is 2.30. The van der Waals surface area contributed by atoms with E-state index in [1.54, 1.807) is 35.5 Å². The van der Waals surface area contributed by atoms with Crippen molar-refractivity contribution < 1.29 is 24.2 Å². The quantitative estimate of drug-likeness (QED) is 0.456. The summed E-state index contributed by atoms with van der Waals surface area (Å²) in [6, 6.07) is 15.1. The van der Waals surface area contributed by atoms with Gasteiger partial charge in [-0.2, -0.15) is 0 Å². The number of rotatable bonds is 5. The number of carbonyl (C=O) groups excluding carboxylic acids is 1. The molecular formula is C27H24N2O6. The van der Waals surface area contributed by atoms with Gasteiger partial charge in [0.1, 0.15) is 28.2 Å². The molecule has 0 aliphatic carbocycles. The minimum atomic E-state index is -0.670. The zero-order chi connectivity index (χ0) is 24.4. The van der Waals surface area contributed by atoms with E-state index in [2.05, 4.69) is 4.98 Å². The Labute approximate surface area is 201 Å². The molecule has 8 nitrogen and oxygen atoms in total. The van der Waals surface area contributed by atoms with Crippen LogP contribution in [0.4, 0.5) is 0 Å². The number of hydrogen-bond acceptors (Lipinski definition) is 7. The first kappa shape index (κ1) is 22.6. The van der Waals surface area contributed by atoms with Crippen LogP contribution in [0.15, 0.2) is 76.2 Å². The Morgan fingerprint density at radius 3 is 2.51 bits per heavy atom. The van der Waals surface area contributed by atoms with Crippen molar-refractivity contribution in [1.82, 2.24) is 9.88 Å². The Morgan fingerprint density at radius 2 is 1.80 bits per heavy atom. The number of ether oxygens (including phenoxy) is 1. The van der Waals surface area contributed by atoms with Crippen molar-refractivity contribution in [2.75, 3.05) is 26.3 Å². The highest BCUT2D eigenvalue weighted by atomic mass is 16.5. The largest absolute Gasteiger partial charge is 0.507 e. The fraction of sp³-hybridized carbons (Fsp3) is 0.222. The van der Waals surface area contributed by atoms with Crippen molar-refractivity contribution in [2.45, 2.75) is 12.3 Å². The number of nitrogens with zero attached hydrogens (tertiary/aromatic N) is 2. The molecule has 1 amide bonds. The molecule has 1 atom stereocenters. The zero-order valence-corrected chi connectivity index (χ0v) is 18.9. The summed E-state index contributed by atoms with van der Waals surface area (Å²) in [5, 5.41) is 21.5. The van der Waals surface area contributed by atoms with Gasteiger partial charge in [0.2, 0.25) is 5.91 Å². The van der Waals surface area contributed by atoms with Gasteiger partial charge in [-0.05, 0) is 11.6 Å². The number of hydrogen-bond donors (Lipinski definition) is 2. The van der Waals surface area contributed by atoms with Crippen LogP contribution >= 0.6 is 0 Å². The number of aromatic hydroxyl groups is 2. The lowest BCUT2D eigenvalue weighted by molar-refractivity contribution is -0.135. The molecule has 1 aliphatic heterocycles. The molecule has 35 heavy (non-hydrogen) atoms. The molecule has 0 bridgehead atoms. The van der Waals surface area contributed by atoms with Crippen LogP contribution in [0, 0.1) is 0 Å². The van der Waals surface area contributed by atoms with E-state index >= 15 is 0 Å². The Balaban J connectivity index is 1.71. The second-order valence-electron chi connectivity index (χ2n) is 8.41. The van der Waals surface area contributed by atoms with Gasteiger partial charge >= 0.3 is 0 Å². The minimum Gasteiger partial charge on any atom is -0.507 e. The van der Waals surface area contributed by atoms with Crippen LogP contribution in [0.25, 0.3) is 22.3 Å². The Kier molecular flexibility index (Phi) is 6.20. The van der Waals surface area contributed by atoms with E-state index in [1.807, 2.05) is 24.3 Å². The third kappa shape index (κ3) is 4.48.